The van der Waals surface area contributed by atoms with Gasteiger partial charge < -0.3 is 5.73 Å². The molecule has 0 aromatic carbocycles. The smallest absolute Gasteiger partial charge is 0.0190 e. The van der Waals surface area contributed by atoms with E-state index in [1.807, 2.05) is 0 Å². The van der Waals surface area contributed by atoms with E-state index in [0.717, 1.165) is 12.5 Å². The molecule has 1 saturated heterocycles. The normalized spacial score (nSPS) is 27.8. The number of nitrogens with two attached hydrogens (primary N) is 1. The number of hydrogen-bond donors (Lipinski definition) is 1. The molecule has 0 bridgehead atoms. The van der Waals surface area contributed by atoms with Crippen molar-refractivity contribution in [3.63, 3.8) is 0 Å². The van der Waals surface area contributed by atoms with E-state index in [1.54, 1.807) is 0 Å². The van der Waals surface area contributed by atoms with Crippen molar-refractivity contribution >= 4 is 0 Å². The second-order valence-corrected chi connectivity index (χ2v) is 4.02. The molecule has 1 aliphatic rings. The third kappa shape index (κ3) is 2.46. The fourth-order valence-electron chi connectivity index (χ4n) is 2.06. The van der Waals surface area contributed by atoms with Crippen LogP contribution in [-0.4, -0.2) is 30.6 Å². The summed E-state index contributed by atoms with van der Waals surface area (Å²) in [5.74, 6) is 0.948. The Bertz CT molecular complexity index is 125. The van der Waals surface area contributed by atoms with Crippen molar-refractivity contribution < 1.29 is 0 Å². The van der Waals surface area contributed by atoms with E-state index < -0.39 is 0 Å². The van der Waals surface area contributed by atoms with Gasteiger partial charge in [0.25, 0.3) is 0 Å². The summed E-state index contributed by atoms with van der Waals surface area (Å²) in [5, 5.41) is 0. The fourth-order valence-corrected chi connectivity index (χ4v) is 2.06. The Hall–Kier alpha value is -0.0800. The van der Waals surface area contributed by atoms with Gasteiger partial charge in [0, 0.05) is 19.1 Å². The lowest BCUT2D eigenvalue weighted by atomic mass is 10.0. The second-order valence-electron chi connectivity index (χ2n) is 4.02. The summed E-state index contributed by atoms with van der Waals surface area (Å²) in [4.78, 5) is 2.53. The van der Waals surface area contributed by atoms with Gasteiger partial charge >= 0.3 is 0 Å². The van der Waals surface area contributed by atoms with Crippen molar-refractivity contribution in [3.8, 4) is 0 Å². The lowest BCUT2D eigenvalue weighted by Gasteiger charge is -2.22. The first-order valence-corrected chi connectivity index (χ1v) is 5.22. The highest BCUT2D eigenvalue weighted by molar-refractivity contribution is 4.79. The Morgan fingerprint density at radius 2 is 2.33 bits per heavy atom. The molecule has 0 aromatic rings. The van der Waals surface area contributed by atoms with Crippen LogP contribution in [0.15, 0.2) is 0 Å². The summed E-state index contributed by atoms with van der Waals surface area (Å²) in [5.41, 5.74) is 5.63. The zero-order valence-electron chi connectivity index (χ0n) is 8.42. The fraction of sp³-hybridized carbons (Fsp3) is 1.00. The molecule has 0 amide bonds. The zero-order valence-corrected chi connectivity index (χ0v) is 8.42. The highest BCUT2D eigenvalue weighted by Crippen LogP contribution is 2.21. The van der Waals surface area contributed by atoms with E-state index in [0.29, 0.717) is 6.04 Å². The minimum atomic E-state index is 0.590. The Labute approximate surface area is 76.1 Å². The Kier molecular flexibility index (Phi) is 4.02. The van der Waals surface area contributed by atoms with E-state index in [4.69, 9.17) is 5.73 Å². The van der Waals surface area contributed by atoms with Gasteiger partial charge in [0.05, 0.1) is 0 Å². The summed E-state index contributed by atoms with van der Waals surface area (Å²) >= 11 is 0. The maximum Gasteiger partial charge on any atom is 0.0190 e. The van der Waals surface area contributed by atoms with Gasteiger partial charge in [0.15, 0.2) is 0 Å². The van der Waals surface area contributed by atoms with Gasteiger partial charge in [0.1, 0.15) is 0 Å². The molecule has 0 aliphatic carbocycles. The highest BCUT2D eigenvalue weighted by Gasteiger charge is 2.24. The van der Waals surface area contributed by atoms with Gasteiger partial charge in [-0.1, -0.05) is 13.3 Å². The zero-order chi connectivity index (χ0) is 8.97. The van der Waals surface area contributed by atoms with Crippen LogP contribution in [0.3, 0.4) is 0 Å². The highest BCUT2D eigenvalue weighted by atomic mass is 15.2. The molecule has 1 fully saturated rings. The number of nitrogens with zero attached hydrogens (tertiary/aromatic N) is 1. The van der Waals surface area contributed by atoms with Crippen LogP contribution in [0.25, 0.3) is 0 Å². The maximum atomic E-state index is 5.63. The van der Waals surface area contributed by atoms with Crippen molar-refractivity contribution in [1.82, 2.24) is 4.90 Å². The molecule has 2 N–H and O–H groups in total. The molecule has 12 heavy (non-hydrogen) atoms. The molecule has 0 radical (unpaired) electrons. The Morgan fingerprint density at radius 3 is 2.92 bits per heavy atom. The average Bonchev–Trinajstić information content (AvgIpc) is 2.52. The predicted molar refractivity (Wildman–Crippen MR) is 53.1 cm³/mol. The van der Waals surface area contributed by atoms with Crippen LogP contribution in [0.1, 0.15) is 33.1 Å². The third-order valence-corrected chi connectivity index (χ3v) is 2.98. The Balaban J connectivity index is 2.25. The van der Waals surface area contributed by atoms with Crippen LogP contribution in [0.5, 0.6) is 0 Å². The molecule has 2 nitrogen and oxygen atoms in total. The quantitative estimate of drug-likeness (QED) is 0.692. The molecule has 1 heterocycles. The lowest BCUT2D eigenvalue weighted by molar-refractivity contribution is 0.252. The van der Waals surface area contributed by atoms with Crippen molar-refractivity contribution in [3.05, 3.63) is 0 Å². The monoisotopic (exact) mass is 170 g/mol. The first kappa shape index (κ1) is 10.0. The standard InChI is InChI=1S/C10H22N2/c1-3-4-10-5-6-12(8-10)9(2)7-11/h9-10H,3-8,11H2,1-2H3. The molecule has 1 aliphatic heterocycles. The molecule has 2 heteroatoms. The molecule has 0 aromatic heterocycles. The van der Waals surface area contributed by atoms with Gasteiger partial charge in [-0.2, -0.15) is 0 Å². The van der Waals surface area contributed by atoms with Gasteiger partial charge in [0.2, 0.25) is 0 Å². The van der Waals surface area contributed by atoms with Gasteiger partial charge in [-0.15, -0.1) is 0 Å². The van der Waals surface area contributed by atoms with Gasteiger partial charge in [-0.3, -0.25) is 4.90 Å². The van der Waals surface area contributed by atoms with Crippen LogP contribution in [0.4, 0.5) is 0 Å². The molecule has 2 atom stereocenters. The van der Waals surface area contributed by atoms with Gasteiger partial charge in [-0.25, -0.2) is 0 Å². The number of likely N-dealkylation sites (tertiary alicyclic amines) is 1. The summed E-state index contributed by atoms with van der Waals surface area (Å²) in [7, 11) is 0. The summed E-state index contributed by atoms with van der Waals surface area (Å²) < 4.78 is 0. The molecule has 1 rings (SSSR count). The van der Waals surface area contributed by atoms with Crippen molar-refractivity contribution in [2.45, 2.75) is 39.2 Å². The van der Waals surface area contributed by atoms with Crippen LogP contribution >= 0.6 is 0 Å². The Morgan fingerprint density at radius 1 is 1.58 bits per heavy atom. The maximum absolute atomic E-state index is 5.63. The topological polar surface area (TPSA) is 29.3 Å². The summed E-state index contributed by atoms with van der Waals surface area (Å²) in [6.45, 7) is 7.86. The number of rotatable bonds is 4. The minimum Gasteiger partial charge on any atom is -0.329 e. The second kappa shape index (κ2) is 4.83. The van der Waals surface area contributed by atoms with Crippen LogP contribution in [0.2, 0.25) is 0 Å². The molecule has 72 valence electrons. The van der Waals surface area contributed by atoms with Crippen LogP contribution in [0, 0.1) is 5.92 Å². The molecule has 0 saturated carbocycles. The SMILES string of the molecule is CCCC1CCN(C(C)CN)C1. The van der Waals surface area contributed by atoms with Crippen molar-refractivity contribution in [1.29, 1.82) is 0 Å². The van der Waals surface area contributed by atoms with Crippen molar-refractivity contribution in [2.75, 3.05) is 19.6 Å². The van der Waals surface area contributed by atoms with Crippen LogP contribution in [-0.2, 0) is 0 Å². The van der Waals surface area contributed by atoms with E-state index in [2.05, 4.69) is 18.7 Å². The first-order chi connectivity index (χ1) is 5.77. The predicted octanol–water partition coefficient (Wildman–Crippen LogP) is 1.46. The number of hydrogen-bond acceptors (Lipinski definition) is 2. The summed E-state index contributed by atoms with van der Waals surface area (Å²) in [6.07, 6.45) is 4.11. The van der Waals surface area contributed by atoms with Crippen LogP contribution < -0.4 is 5.73 Å². The molecule has 2 unspecified atom stereocenters. The first-order valence-electron chi connectivity index (χ1n) is 5.22. The molecular formula is C10H22N2. The molecular weight excluding hydrogens is 148 g/mol. The average molecular weight is 170 g/mol. The van der Waals surface area contributed by atoms with E-state index >= 15 is 0 Å². The lowest BCUT2D eigenvalue weighted by Crippen LogP contribution is -2.36. The minimum absolute atomic E-state index is 0.590. The van der Waals surface area contributed by atoms with E-state index in [9.17, 15) is 0 Å². The third-order valence-electron chi connectivity index (χ3n) is 2.98. The summed E-state index contributed by atoms with van der Waals surface area (Å²) in [6, 6.07) is 0.590. The van der Waals surface area contributed by atoms with Gasteiger partial charge in [-0.05, 0) is 32.2 Å². The van der Waals surface area contributed by atoms with E-state index in [1.165, 1.54) is 32.4 Å². The van der Waals surface area contributed by atoms with Crippen molar-refractivity contribution in [2.24, 2.45) is 11.7 Å². The molecule has 0 spiro atoms. The largest absolute Gasteiger partial charge is 0.329 e. The van der Waals surface area contributed by atoms with E-state index in [-0.39, 0.29) is 0 Å².